The van der Waals surface area contributed by atoms with Crippen LogP contribution in [0.15, 0.2) is 89.9 Å². The minimum atomic E-state index is -0.982. The maximum absolute atomic E-state index is 13.3. The molecule has 0 spiro atoms. The summed E-state index contributed by atoms with van der Waals surface area (Å²) in [5.41, 5.74) is 3.66. The Morgan fingerprint density at radius 2 is 1.80 bits per heavy atom. The maximum atomic E-state index is 13.3. The van der Waals surface area contributed by atoms with E-state index in [2.05, 4.69) is 11.6 Å². The summed E-state index contributed by atoms with van der Waals surface area (Å²) in [5.74, 6) is 0.780. The molecule has 2 atom stereocenters. The van der Waals surface area contributed by atoms with Crippen LogP contribution < -0.4 is 14.4 Å². The molecule has 3 aromatic carbocycles. The average Bonchev–Trinajstić information content (AvgIpc) is 3.34. The molecule has 8 nitrogen and oxygen atoms in total. The third-order valence-electron chi connectivity index (χ3n) is 7.06. The van der Waals surface area contributed by atoms with Gasteiger partial charge in [0.2, 0.25) is 11.8 Å². The highest BCUT2D eigenvalue weighted by Crippen LogP contribution is 2.42. The van der Waals surface area contributed by atoms with Gasteiger partial charge in [-0.25, -0.2) is 4.98 Å². The standard InChI is InChI=1S/C32H30N2O6/c1-20(30-28(19-29(35)36)34(32(30)37)24-12-14-25(38-3)15-13-24)23-10-7-11-26(18-23)39-17-16-27-21(2)40-31(33-27)22-8-5-4-6-9-22/h4-15,18,28,30H,1,16-17,19H2,2-3H3,(H,35,36)/t28-,30+/m0/s1. The second-order valence-corrected chi connectivity index (χ2v) is 9.59. The van der Waals surface area contributed by atoms with Crippen LogP contribution in [0.4, 0.5) is 5.69 Å². The van der Waals surface area contributed by atoms with E-state index in [1.54, 1.807) is 31.4 Å². The predicted octanol–water partition coefficient (Wildman–Crippen LogP) is 5.80. The van der Waals surface area contributed by atoms with Gasteiger partial charge >= 0.3 is 5.97 Å². The number of nitrogens with zero attached hydrogens (tertiary/aromatic N) is 2. The lowest BCUT2D eigenvalue weighted by atomic mass is 9.77. The molecule has 0 unspecified atom stereocenters. The number of aromatic nitrogens is 1. The molecule has 5 rings (SSSR count). The first kappa shape index (κ1) is 26.7. The smallest absolute Gasteiger partial charge is 0.305 e. The van der Waals surface area contributed by atoms with Gasteiger partial charge < -0.3 is 23.9 Å². The highest BCUT2D eigenvalue weighted by Gasteiger charge is 2.50. The molecule has 4 aromatic rings. The first-order chi connectivity index (χ1) is 19.4. The number of rotatable bonds is 11. The number of carboxylic acids is 1. The molecule has 1 fully saturated rings. The first-order valence-corrected chi connectivity index (χ1v) is 13.0. The number of aliphatic carboxylic acids is 1. The number of carboxylic acid groups (broad SMARTS) is 1. The van der Waals surface area contributed by atoms with Crippen molar-refractivity contribution in [2.24, 2.45) is 5.92 Å². The molecule has 1 aliphatic rings. The monoisotopic (exact) mass is 538 g/mol. The minimum absolute atomic E-state index is 0.191. The molecule has 204 valence electrons. The Bertz CT molecular complexity index is 1530. The van der Waals surface area contributed by atoms with Crippen LogP contribution in [0.2, 0.25) is 0 Å². The van der Waals surface area contributed by atoms with E-state index in [9.17, 15) is 14.7 Å². The maximum Gasteiger partial charge on any atom is 0.305 e. The van der Waals surface area contributed by atoms with E-state index < -0.39 is 17.9 Å². The zero-order valence-corrected chi connectivity index (χ0v) is 22.4. The number of oxazole rings is 1. The number of carbonyl (C=O) groups excluding carboxylic acids is 1. The molecule has 40 heavy (non-hydrogen) atoms. The van der Waals surface area contributed by atoms with Crippen molar-refractivity contribution < 1.29 is 28.6 Å². The van der Waals surface area contributed by atoms with Crippen LogP contribution in [0, 0.1) is 12.8 Å². The van der Waals surface area contributed by atoms with Gasteiger partial charge in [-0.2, -0.15) is 0 Å². The van der Waals surface area contributed by atoms with Gasteiger partial charge in [0, 0.05) is 17.7 Å². The fraction of sp³-hybridized carbons (Fsp3) is 0.219. The van der Waals surface area contributed by atoms with Gasteiger partial charge in [-0.1, -0.05) is 36.9 Å². The molecule has 1 N–H and O–H groups in total. The molecular formula is C32H30N2O6. The Balaban J connectivity index is 1.26. The van der Waals surface area contributed by atoms with Crippen molar-refractivity contribution in [1.82, 2.24) is 4.98 Å². The fourth-order valence-corrected chi connectivity index (χ4v) is 4.97. The summed E-state index contributed by atoms with van der Waals surface area (Å²) in [5, 5.41) is 9.55. The summed E-state index contributed by atoms with van der Waals surface area (Å²) < 4.78 is 17.0. The number of anilines is 1. The average molecular weight is 539 g/mol. The summed E-state index contributed by atoms with van der Waals surface area (Å²) in [7, 11) is 1.56. The first-order valence-electron chi connectivity index (χ1n) is 13.0. The molecular weight excluding hydrogens is 508 g/mol. The number of aryl methyl sites for hydroxylation is 1. The van der Waals surface area contributed by atoms with Crippen molar-refractivity contribution in [3.05, 3.63) is 102 Å². The summed E-state index contributed by atoms with van der Waals surface area (Å²) in [4.78, 5) is 31.1. The number of methoxy groups -OCH3 is 1. The highest BCUT2D eigenvalue weighted by atomic mass is 16.5. The van der Waals surface area contributed by atoms with E-state index in [-0.39, 0.29) is 12.3 Å². The second kappa shape index (κ2) is 11.5. The number of amides is 1. The number of carbonyl (C=O) groups is 2. The number of ether oxygens (including phenoxy) is 2. The van der Waals surface area contributed by atoms with Crippen LogP contribution in [0.5, 0.6) is 11.5 Å². The number of benzene rings is 3. The Kier molecular flexibility index (Phi) is 7.68. The topological polar surface area (TPSA) is 102 Å². The van der Waals surface area contributed by atoms with Crippen LogP contribution in [-0.4, -0.2) is 41.7 Å². The normalized spacial score (nSPS) is 16.4. The molecule has 1 aliphatic heterocycles. The molecule has 1 aromatic heterocycles. The second-order valence-electron chi connectivity index (χ2n) is 9.59. The van der Waals surface area contributed by atoms with Crippen LogP contribution in [-0.2, 0) is 16.0 Å². The number of β-lactam (4-membered cyclic amide) rings is 1. The highest BCUT2D eigenvalue weighted by molar-refractivity contribution is 6.10. The van der Waals surface area contributed by atoms with E-state index in [4.69, 9.17) is 13.9 Å². The van der Waals surface area contributed by atoms with Crippen LogP contribution in [0.1, 0.15) is 23.4 Å². The van der Waals surface area contributed by atoms with E-state index in [0.717, 1.165) is 22.6 Å². The number of hydrogen-bond donors (Lipinski definition) is 1. The Labute approximate surface area is 232 Å². The molecule has 1 saturated heterocycles. The molecule has 8 heteroatoms. The molecule has 1 amide bonds. The van der Waals surface area contributed by atoms with Crippen molar-refractivity contribution in [3.63, 3.8) is 0 Å². The Morgan fingerprint density at radius 3 is 2.50 bits per heavy atom. The van der Waals surface area contributed by atoms with Crippen LogP contribution >= 0.6 is 0 Å². The van der Waals surface area contributed by atoms with Crippen molar-refractivity contribution in [2.75, 3.05) is 18.6 Å². The Hall–Kier alpha value is -4.85. The zero-order valence-electron chi connectivity index (χ0n) is 22.4. The lowest BCUT2D eigenvalue weighted by Crippen LogP contribution is -2.62. The fourth-order valence-electron chi connectivity index (χ4n) is 4.97. The van der Waals surface area contributed by atoms with Gasteiger partial charge in [0.15, 0.2) is 0 Å². The van der Waals surface area contributed by atoms with Gasteiger partial charge in [0.1, 0.15) is 17.3 Å². The van der Waals surface area contributed by atoms with Gasteiger partial charge in [-0.3, -0.25) is 9.59 Å². The van der Waals surface area contributed by atoms with Crippen molar-refractivity contribution in [2.45, 2.75) is 25.8 Å². The molecule has 0 radical (unpaired) electrons. The predicted molar refractivity (Wildman–Crippen MR) is 151 cm³/mol. The largest absolute Gasteiger partial charge is 0.497 e. The van der Waals surface area contributed by atoms with E-state index >= 15 is 0 Å². The summed E-state index contributed by atoms with van der Waals surface area (Å²) >= 11 is 0. The number of hydrogen-bond acceptors (Lipinski definition) is 6. The Morgan fingerprint density at radius 1 is 1.05 bits per heavy atom. The van der Waals surface area contributed by atoms with Gasteiger partial charge in [0.05, 0.1) is 37.8 Å². The third-order valence-corrected chi connectivity index (χ3v) is 7.06. The summed E-state index contributed by atoms with van der Waals surface area (Å²) in [6, 6.07) is 23.5. The summed E-state index contributed by atoms with van der Waals surface area (Å²) in [6.45, 7) is 6.45. The van der Waals surface area contributed by atoms with Gasteiger partial charge in [-0.15, -0.1) is 0 Å². The van der Waals surface area contributed by atoms with E-state index in [1.807, 2.05) is 61.5 Å². The summed E-state index contributed by atoms with van der Waals surface area (Å²) in [6.07, 6.45) is 0.367. The minimum Gasteiger partial charge on any atom is -0.497 e. The van der Waals surface area contributed by atoms with E-state index in [0.29, 0.717) is 41.7 Å². The molecule has 2 heterocycles. The zero-order chi connectivity index (χ0) is 28.2. The van der Waals surface area contributed by atoms with Gasteiger partial charge in [0.25, 0.3) is 0 Å². The van der Waals surface area contributed by atoms with Crippen molar-refractivity contribution in [3.8, 4) is 23.0 Å². The molecule has 0 saturated carbocycles. The lowest BCUT2D eigenvalue weighted by Gasteiger charge is -2.47. The SMILES string of the molecule is C=C(c1cccc(OCCc2nc(-c3ccccc3)oc2C)c1)[C@H]1C(=O)N(c2ccc(OC)cc2)[C@H]1CC(=O)O. The molecule has 0 bridgehead atoms. The van der Waals surface area contributed by atoms with Crippen molar-refractivity contribution >= 4 is 23.1 Å². The van der Waals surface area contributed by atoms with Crippen molar-refractivity contribution in [1.29, 1.82) is 0 Å². The third kappa shape index (κ3) is 5.47. The van der Waals surface area contributed by atoms with Crippen LogP contribution in [0.25, 0.3) is 17.0 Å². The van der Waals surface area contributed by atoms with Gasteiger partial charge in [-0.05, 0) is 66.6 Å². The lowest BCUT2D eigenvalue weighted by molar-refractivity contribution is -0.139. The van der Waals surface area contributed by atoms with Crippen LogP contribution in [0.3, 0.4) is 0 Å². The molecule has 0 aliphatic carbocycles. The quantitative estimate of drug-likeness (QED) is 0.241. The van der Waals surface area contributed by atoms with E-state index in [1.165, 1.54) is 4.90 Å².